The van der Waals surface area contributed by atoms with Gasteiger partial charge < -0.3 is 10.6 Å². The first-order chi connectivity index (χ1) is 9.48. The van der Waals surface area contributed by atoms with Gasteiger partial charge in [0.25, 0.3) is 0 Å². The smallest absolute Gasteiger partial charge is 0.191 e. The van der Waals surface area contributed by atoms with Gasteiger partial charge in [0.1, 0.15) is 0 Å². The van der Waals surface area contributed by atoms with E-state index in [0.29, 0.717) is 6.54 Å². The standard InChI is InChI=1S/C15H26N4S/c1-6-16-14(19-11-15(3,4)20-5)18-10-13-12(2)8-7-9-17-13/h7-9H,6,10-11H2,1-5H3,(H2,16,18,19). The molecule has 5 heteroatoms. The maximum Gasteiger partial charge on any atom is 0.191 e. The van der Waals surface area contributed by atoms with Gasteiger partial charge in [-0.25, -0.2) is 4.99 Å². The van der Waals surface area contributed by atoms with Crippen molar-refractivity contribution in [3.8, 4) is 0 Å². The van der Waals surface area contributed by atoms with Gasteiger partial charge in [-0.2, -0.15) is 11.8 Å². The number of aromatic nitrogens is 1. The minimum Gasteiger partial charge on any atom is -0.357 e. The summed E-state index contributed by atoms with van der Waals surface area (Å²) in [6.07, 6.45) is 3.94. The van der Waals surface area contributed by atoms with E-state index in [4.69, 9.17) is 0 Å². The van der Waals surface area contributed by atoms with E-state index in [1.807, 2.05) is 24.0 Å². The summed E-state index contributed by atoms with van der Waals surface area (Å²) in [6.45, 7) is 10.9. The predicted octanol–water partition coefficient (Wildman–Crippen LogP) is 2.59. The summed E-state index contributed by atoms with van der Waals surface area (Å²) in [7, 11) is 0. The minimum atomic E-state index is 0.192. The van der Waals surface area contributed by atoms with Crippen molar-refractivity contribution in [1.82, 2.24) is 15.6 Å². The molecule has 0 saturated heterocycles. The molecule has 0 unspecified atom stereocenters. The molecule has 0 amide bonds. The normalized spacial score (nSPS) is 12.3. The quantitative estimate of drug-likeness (QED) is 0.625. The van der Waals surface area contributed by atoms with Crippen molar-refractivity contribution in [3.63, 3.8) is 0 Å². The summed E-state index contributed by atoms with van der Waals surface area (Å²) in [4.78, 5) is 8.97. The molecule has 0 aliphatic rings. The Morgan fingerprint density at radius 1 is 1.40 bits per heavy atom. The lowest BCUT2D eigenvalue weighted by Crippen LogP contribution is -2.43. The van der Waals surface area contributed by atoms with Gasteiger partial charge in [-0.1, -0.05) is 6.07 Å². The Balaban J connectivity index is 2.66. The second-order valence-corrected chi connectivity index (χ2v) is 6.79. The highest BCUT2D eigenvalue weighted by Gasteiger charge is 2.16. The number of nitrogens with zero attached hydrogens (tertiary/aromatic N) is 2. The number of guanidine groups is 1. The molecule has 1 aromatic heterocycles. The lowest BCUT2D eigenvalue weighted by molar-refractivity contribution is 0.664. The highest BCUT2D eigenvalue weighted by molar-refractivity contribution is 7.99. The fraction of sp³-hybridized carbons (Fsp3) is 0.600. The van der Waals surface area contributed by atoms with Gasteiger partial charge in [0.2, 0.25) is 0 Å². The van der Waals surface area contributed by atoms with Crippen LogP contribution < -0.4 is 10.6 Å². The Hall–Kier alpha value is -1.23. The predicted molar refractivity (Wildman–Crippen MR) is 89.4 cm³/mol. The average molecular weight is 294 g/mol. The van der Waals surface area contributed by atoms with Crippen LogP contribution in [0.25, 0.3) is 0 Å². The summed E-state index contributed by atoms with van der Waals surface area (Å²) in [5.74, 6) is 0.847. The number of hydrogen-bond donors (Lipinski definition) is 2. The van der Waals surface area contributed by atoms with E-state index in [9.17, 15) is 0 Å². The van der Waals surface area contributed by atoms with Crippen molar-refractivity contribution in [2.75, 3.05) is 19.3 Å². The number of pyridine rings is 1. The summed E-state index contributed by atoms with van der Waals surface area (Å²) in [5, 5.41) is 6.66. The maximum atomic E-state index is 4.60. The molecule has 0 aliphatic carbocycles. The number of nitrogens with one attached hydrogen (secondary N) is 2. The molecule has 0 spiro atoms. The first-order valence-corrected chi connectivity index (χ1v) is 8.19. The highest BCUT2D eigenvalue weighted by Crippen LogP contribution is 2.19. The molecule has 0 atom stereocenters. The largest absolute Gasteiger partial charge is 0.357 e. The molecule has 1 heterocycles. The van der Waals surface area contributed by atoms with Crippen LogP contribution in [0.1, 0.15) is 32.0 Å². The number of aliphatic imine (C=N–C) groups is 1. The van der Waals surface area contributed by atoms with E-state index in [1.54, 1.807) is 0 Å². The zero-order chi connectivity index (χ0) is 15.0. The van der Waals surface area contributed by atoms with Crippen LogP contribution >= 0.6 is 11.8 Å². The fourth-order valence-electron chi connectivity index (χ4n) is 1.55. The summed E-state index contributed by atoms with van der Waals surface area (Å²) in [5.41, 5.74) is 2.20. The first-order valence-electron chi connectivity index (χ1n) is 6.96. The molecule has 20 heavy (non-hydrogen) atoms. The van der Waals surface area contributed by atoms with Crippen molar-refractivity contribution in [1.29, 1.82) is 0 Å². The van der Waals surface area contributed by atoms with Gasteiger partial charge in [-0.15, -0.1) is 0 Å². The molecular weight excluding hydrogens is 268 g/mol. The Morgan fingerprint density at radius 2 is 2.15 bits per heavy atom. The Morgan fingerprint density at radius 3 is 2.75 bits per heavy atom. The monoisotopic (exact) mass is 294 g/mol. The molecule has 1 rings (SSSR count). The minimum absolute atomic E-state index is 0.192. The van der Waals surface area contributed by atoms with E-state index in [1.165, 1.54) is 5.56 Å². The zero-order valence-electron chi connectivity index (χ0n) is 13.2. The van der Waals surface area contributed by atoms with Crippen LogP contribution in [0.15, 0.2) is 23.3 Å². The Kier molecular flexibility index (Phi) is 6.85. The number of rotatable bonds is 6. The fourth-order valence-corrected chi connectivity index (χ4v) is 1.76. The van der Waals surface area contributed by atoms with Gasteiger partial charge in [-0.05, 0) is 45.6 Å². The van der Waals surface area contributed by atoms with Crippen molar-refractivity contribution >= 4 is 17.7 Å². The van der Waals surface area contributed by atoms with Crippen molar-refractivity contribution in [2.45, 2.75) is 39.0 Å². The van der Waals surface area contributed by atoms with E-state index >= 15 is 0 Å². The third kappa shape index (κ3) is 5.82. The highest BCUT2D eigenvalue weighted by atomic mass is 32.2. The molecule has 0 saturated carbocycles. The van der Waals surface area contributed by atoms with Crippen LogP contribution in [0.2, 0.25) is 0 Å². The molecule has 0 fully saturated rings. The molecule has 0 radical (unpaired) electrons. The van der Waals surface area contributed by atoms with E-state index in [0.717, 1.165) is 24.7 Å². The van der Waals surface area contributed by atoms with Gasteiger partial charge in [-0.3, -0.25) is 4.98 Å². The zero-order valence-corrected chi connectivity index (χ0v) is 14.0. The van der Waals surface area contributed by atoms with Crippen LogP contribution in [-0.4, -0.2) is 35.0 Å². The second kappa shape index (κ2) is 8.15. The van der Waals surface area contributed by atoms with Gasteiger partial charge in [0.05, 0.1) is 12.2 Å². The van der Waals surface area contributed by atoms with E-state index in [2.05, 4.69) is 60.6 Å². The molecule has 0 aliphatic heterocycles. The van der Waals surface area contributed by atoms with Crippen LogP contribution in [0.4, 0.5) is 0 Å². The number of hydrogen-bond acceptors (Lipinski definition) is 3. The summed E-state index contributed by atoms with van der Waals surface area (Å²) < 4.78 is 0.192. The lowest BCUT2D eigenvalue weighted by atomic mass is 10.2. The first kappa shape index (κ1) is 16.8. The number of thioether (sulfide) groups is 1. The van der Waals surface area contributed by atoms with E-state index in [-0.39, 0.29) is 4.75 Å². The SMILES string of the molecule is CCNC(=NCc1ncccc1C)NCC(C)(C)SC. The Bertz CT molecular complexity index is 443. The van der Waals surface area contributed by atoms with Crippen molar-refractivity contribution in [2.24, 2.45) is 4.99 Å². The molecule has 2 N–H and O–H groups in total. The Labute approximate surface area is 126 Å². The molecule has 1 aromatic rings. The molecule has 0 bridgehead atoms. The van der Waals surface area contributed by atoms with Crippen LogP contribution in [-0.2, 0) is 6.54 Å². The lowest BCUT2D eigenvalue weighted by Gasteiger charge is -2.23. The van der Waals surface area contributed by atoms with Gasteiger partial charge >= 0.3 is 0 Å². The van der Waals surface area contributed by atoms with Crippen molar-refractivity contribution < 1.29 is 0 Å². The van der Waals surface area contributed by atoms with Crippen molar-refractivity contribution in [3.05, 3.63) is 29.6 Å². The maximum absolute atomic E-state index is 4.60. The summed E-state index contributed by atoms with van der Waals surface area (Å²) >= 11 is 1.85. The topological polar surface area (TPSA) is 49.3 Å². The van der Waals surface area contributed by atoms with Crippen LogP contribution in [0, 0.1) is 6.92 Å². The third-order valence-corrected chi connectivity index (χ3v) is 4.33. The molecule has 0 aromatic carbocycles. The number of aryl methyl sites for hydroxylation is 1. The molecule has 4 nitrogen and oxygen atoms in total. The molecular formula is C15H26N4S. The van der Waals surface area contributed by atoms with E-state index < -0.39 is 0 Å². The molecule has 112 valence electrons. The second-order valence-electron chi connectivity index (χ2n) is 5.28. The van der Waals surface area contributed by atoms with Gasteiger partial charge in [0, 0.05) is 24.0 Å². The van der Waals surface area contributed by atoms with Crippen LogP contribution in [0.3, 0.4) is 0 Å². The third-order valence-electron chi connectivity index (χ3n) is 3.08. The average Bonchev–Trinajstić information content (AvgIpc) is 2.43. The summed E-state index contributed by atoms with van der Waals surface area (Å²) in [6, 6.07) is 4.02. The van der Waals surface area contributed by atoms with Gasteiger partial charge in [0.15, 0.2) is 5.96 Å². The van der Waals surface area contributed by atoms with Crippen LogP contribution in [0.5, 0.6) is 0 Å².